The van der Waals surface area contributed by atoms with Gasteiger partial charge in [-0.1, -0.05) is 35.2 Å². The highest BCUT2D eigenvalue weighted by atomic mass is 79.9. The molecule has 0 heterocycles. The molecule has 0 aliphatic heterocycles. The highest BCUT2D eigenvalue weighted by Gasteiger charge is 2.50. The molecule has 0 spiro atoms. The van der Waals surface area contributed by atoms with E-state index < -0.39 is 0 Å². The van der Waals surface area contributed by atoms with Crippen LogP contribution in [0.15, 0.2) is 0 Å². The van der Waals surface area contributed by atoms with E-state index in [0.717, 1.165) is 23.2 Å². The van der Waals surface area contributed by atoms with Gasteiger partial charge in [-0.3, -0.25) is 0 Å². The van der Waals surface area contributed by atoms with E-state index >= 15 is 0 Å². The second-order valence-electron chi connectivity index (χ2n) is 5.98. The molecule has 80 valence electrons. The standard InChI is InChI=1S/C13H21Br/c14-9-13(5-1-2-6-13)12-8-10-3-4-11(12)7-10/h10-12H,1-9H2. The molecule has 3 fully saturated rings. The van der Waals surface area contributed by atoms with Crippen molar-refractivity contribution in [1.82, 2.24) is 0 Å². The lowest BCUT2D eigenvalue weighted by Crippen LogP contribution is -2.33. The number of rotatable bonds is 2. The first-order valence-corrected chi connectivity index (χ1v) is 7.52. The van der Waals surface area contributed by atoms with E-state index in [1.165, 1.54) is 31.0 Å². The summed E-state index contributed by atoms with van der Waals surface area (Å²) in [5.74, 6) is 3.35. The maximum atomic E-state index is 3.81. The lowest BCUT2D eigenvalue weighted by molar-refractivity contribution is 0.134. The summed E-state index contributed by atoms with van der Waals surface area (Å²) in [6.07, 6.45) is 12.3. The Bertz CT molecular complexity index is 217. The Morgan fingerprint density at radius 1 is 1.07 bits per heavy atom. The van der Waals surface area contributed by atoms with Crippen LogP contribution in [0.25, 0.3) is 0 Å². The first-order chi connectivity index (χ1) is 6.84. The van der Waals surface area contributed by atoms with E-state index in [1.807, 2.05) is 0 Å². The molecule has 3 rings (SSSR count). The van der Waals surface area contributed by atoms with Gasteiger partial charge in [-0.15, -0.1) is 0 Å². The molecule has 0 aromatic carbocycles. The largest absolute Gasteiger partial charge is 0.0922 e. The Morgan fingerprint density at radius 3 is 2.36 bits per heavy atom. The van der Waals surface area contributed by atoms with Crippen molar-refractivity contribution in [2.24, 2.45) is 23.2 Å². The highest BCUT2D eigenvalue weighted by Crippen LogP contribution is 2.59. The SMILES string of the molecule is BrCC1(C2CC3CCC2C3)CCCC1. The smallest absolute Gasteiger partial charge is 0.00907 e. The van der Waals surface area contributed by atoms with Crippen LogP contribution < -0.4 is 0 Å². The number of alkyl halides is 1. The van der Waals surface area contributed by atoms with Crippen LogP contribution in [0, 0.1) is 23.2 Å². The van der Waals surface area contributed by atoms with Crippen LogP contribution >= 0.6 is 15.9 Å². The summed E-state index contributed by atoms with van der Waals surface area (Å²) in [4.78, 5) is 0. The van der Waals surface area contributed by atoms with E-state index in [0.29, 0.717) is 0 Å². The van der Waals surface area contributed by atoms with Crippen LogP contribution in [-0.2, 0) is 0 Å². The Labute approximate surface area is 96.0 Å². The van der Waals surface area contributed by atoms with Crippen molar-refractivity contribution in [3.63, 3.8) is 0 Å². The molecular weight excluding hydrogens is 236 g/mol. The molecular formula is C13H21Br. The minimum Gasteiger partial charge on any atom is -0.0922 e. The topological polar surface area (TPSA) is 0 Å². The lowest BCUT2D eigenvalue weighted by Gasteiger charge is -2.39. The van der Waals surface area contributed by atoms with Gasteiger partial charge in [0.25, 0.3) is 0 Å². The molecule has 0 saturated heterocycles. The van der Waals surface area contributed by atoms with Crippen LogP contribution in [0.5, 0.6) is 0 Å². The summed E-state index contributed by atoms with van der Waals surface area (Å²) in [6.45, 7) is 0. The third-order valence-corrected chi connectivity index (χ3v) is 6.51. The second-order valence-corrected chi connectivity index (χ2v) is 6.55. The number of halogens is 1. The number of hydrogen-bond acceptors (Lipinski definition) is 0. The van der Waals surface area contributed by atoms with Gasteiger partial charge in [0.2, 0.25) is 0 Å². The predicted molar refractivity (Wildman–Crippen MR) is 63.6 cm³/mol. The monoisotopic (exact) mass is 256 g/mol. The van der Waals surface area contributed by atoms with Crippen molar-refractivity contribution >= 4 is 15.9 Å². The molecule has 3 unspecified atom stereocenters. The van der Waals surface area contributed by atoms with Gasteiger partial charge < -0.3 is 0 Å². The fraction of sp³-hybridized carbons (Fsp3) is 1.00. The third-order valence-electron chi connectivity index (χ3n) is 5.39. The Balaban J connectivity index is 1.80. The van der Waals surface area contributed by atoms with E-state index in [-0.39, 0.29) is 0 Å². The zero-order valence-electron chi connectivity index (χ0n) is 8.97. The van der Waals surface area contributed by atoms with E-state index in [4.69, 9.17) is 0 Å². The summed E-state index contributed by atoms with van der Waals surface area (Å²) in [6, 6.07) is 0. The molecule has 3 saturated carbocycles. The van der Waals surface area contributed by atoms with Gasteiger partial charge in [0.1, 0.15) is 0 Å². The van der Waals surface area contributed by atoms with Gasteiger partial charge in [-0.2, -0.15) is 0 Å². The van der Waals surface area contributed by atoms with E-state index in [1.54, 1.807) is 25.7 Å². The minimum absolute atomic E-state index is 0.736. The van der Waals surface area contributed by atoms with Crippen molar-refractivity contribution < 1.29 is 0 Å². The van der Waals surface area contributed by atoms with Crippen LogP contribution in [0.2, 0.25) is 0 Å². The van der Waals surface area contributed by atoms with Crippen molar-refractivity contribution in [2.45, 2.75) is 51.4 Å². The first kappa shape index (κ1) is 9.69. The molecule has 3 aliphatic rings. The summed E-state index contributed by atoms with van der Waals surface area (Å²) in [5.41, 5.74) is 0.736. The van der Waals surface area contributed by atoms with Crippen LogP contribution in [0.1, 0.15) is 51.4 Å². The Hall–Kier alpha value is 0.480. The van der Waals surface area contributed by atoms with E-state index in [2.05, 4.69) is 15.9 Å². The van der Waals surface area contributed by atoms with Gasteiger partial charge in [-0.05, 0) is 55.3 Å². The summed E-state index contributed by atoms with van der Waals surface area (Å²) < 4.78 is 0. The Kier molecular flexibility index (Phi) is 2.42. The fourth-order valence-corrected chi connectivity index (χ4v) is 5.65. The first-order valence-electron chi connectivity index (χ1n) is 6.40. The van der Waals surface area contributed by atoms with Crippen molar-refractivity contribution in [3.8, 4) is 0 Å². The molecule has 0 N–H and O–H groups in total. The molecule has 3 atom stereocenters. The molecule has 0 nitrogen and oxygen atoms in total. The van der Waals surface area contributed by atoms with Crippen LogP contribution in [0.4, 0.5) is 0 Å². The van der Waals surface area contributed by atoms with Gasteiger partial charge in [0.05, 0.1) is 0 Å². The van der Waals surface area contributed by atoms with Crippen molar-refractivity contribution in [2.75, 3.05) is 5.33 Å². The maximum Gasteiger partial charge on any atom is 0.00907 e. The lowest BCUT2D eigenvalue weighted by atomic mass is 9.68. The quantitative estimate of drug-likeness (QED) is 0.644. The minimum atomic E-state index is 0.736. The van der Waals surface area contributed by atoms with Crippen molar-refractivity contribution in [3.05, 3.63) is 0 Å². The molecule has 0 amide bonds. The molecule has 0 aromatic heterocycles. The fourth-order valence-electron chi connectivity index (χ4n) is 4.68. The summed E-state index contributed by atoms with van der Waals surface area (Å²) in [7, 11) is 0. The normalized spacial score (nSPS) is 44.8. The summed E-state index contributed by atoms with van der Waals surface area (Å²) >= 11 is 3.81. The zero-order chi connectivity index (χ0) is 9.60. The molecule has 1 heteroatoms. The number of hydrogen-bond donors (Lipinski definition) is 0. The average Bonchev–Trinajstić information content (AvgIpc) is 2.94. The van der Waals surface area contributed by atoms with Gasteiger partial charge >= 0.3 is 0 Å². The average molecular weight is 257 g/mol. The third kappa shape index (κ3) is 1.31. The number of fused-ring (bicyclic) bond motifs is 2. The van der Waals surface area contributed by atoms with Crippen LogP contribution in [-0.4, -0.2) is 5.33 Å². The molecule has 14 heavy (non-hydrogen) atoms. The molecule has 3 aliphatic carbocycles. The van der Waals surface area contributed by atoms with Gasteiger partial charge in [-0.25, -0.2) is 0 Å². The maximum absolute atomic E-state index is 3.81. The van der Waals surface area contributed by atoms with Crippen LogP contribution in [0.3, 0.4) is 0 Å². The van der Waals surface area contributed by atoms with Gasteiger partial charge in [0.15, 0.2) is 0 Å². The predicted octanol–water partition coefficient (Wildman–Crippen LogP) is 4.38. The molecule has 2 bridgehead atoms. The molecule has 0 radical (unpaired) electrons. The summed E-state index contributed by atoms with van der Waals surface area (Å²) in [5, 5.41) is 1.29. The molecule has 0 aromatic rings. The van der Waals surface area contributed by atoms with E-state index in [9.17, 15) is 0 Å². The second kappa shape index (κ2) is 3.50. The zero-order valence-corrected chi connectivity index (χ0v) is 10.6. The van der Waals surface area contributed by atoms with Gasteiger partial charge in [0, 0.05) is 5.33 Å². The Morgan fingerprint density at radius 2 is 1.86 bits per heavy atom. The van der Waals surface area contributed by atoms with Crippen molar-refractivity contribution in [1.29, 1.82) is 0 Å². The highest BCUT2D eigenvalue weighted by molar-refractivity contribution is 9.09.